The van der Waals surface area contributed by atoms with Crippen LogP contribution in [0.2, 0.25) is 0 Å². The molecule has 0 amide bonds. The van der Waals surface area contributed by atoms with Crippen molar-refractivity contribution < 1.29 is 0 Å². The van der Waals surface area contributed by atoms with Gasteiger partial charge in [-0.2, -0.15) is 0 Å². The van der Waals surface area contributed by atoms with Gasteiger partial charge in [-0.3, -0.25) is 8.80 Å². The van der Waals surface area contributed by atoms with E-state index in [1.54, 1.807) is 0 Å². The molecule has 3 heteroatoms. The summed E-state index contributed by atoms with van der Waals surface area (Å²) in [6.07, 6.45) is 0.915. The molecule has 0 radical (unpaired) electrons. The summed E-state index contributed by atoms with van der Waals surface area (Å²) in [6, 6.07) is 49.7. The minimum atomic E-state index is -0.189. The number of hydrogen-bond acceptors (Lipinski definition) is 0. The highest BCUT2D eigenvalue weighted by Crippen LogP contribution is 2.49. The first-order chi connectivity index (χ1) is 21.7. The summed E-state index contributed by atoms with van der Waals surface area (Å²) >= 11 is 0. The van der Waals surface area contributed by atoms with Crippen LogP contribution in [0.1, 0.15) is 23.6 Å². The molecule has 1 atom stereocenters. The molecule has 3 nitrogen and oxygen atoms in total. The van der Waals surface area contributed by atoms with Crippen molar-refractivity contribution in [2.75, 3.05) is 0 Å². The lowest BCUT2D eigenvalue weighted by Crippen LogP contribution is -2.32. The first kappa shape index (κ1) is 23.0. The van der Waals surface area contributed by atoms with Crippen LogP contribution in [0, 0.1) is 0 Å². The lowest BCUT2D eigenvalue weighted by atomic mass is 9.69. The first-order valence-corrected chi connectivity index (χ1v) is 15.5. The summed E-state index contributed by atoms with van der Waals surface area (Å²) in [5.74, 6) is 0. The molecular weight excluding hydrogens is 534 g/mol. The number of para-hydroxylation sites is 6. The number of imidazole rings is 1. The monoisotopic (exact) mass is 561 g/mol. The van der Waals surface area contributed by atoms with Gasteiger partial charge in [0.25, 0.3) is 0 Å². The zero-order valence-corrected chi connectivity index (χ0v) is 24.3. The van der Waals surface area contributed by atoms with Gasteiger partial charge in [-0.1, -0.05) is 104 Å². The Bertz CT molecular complexity index is 2820. The molecule has 0 fully saturated rings. The quantitative estimate of drug-likeness (QED) is 0.199. The Balaban J connectivity index is 1.20. The molecule has 1 unspecified atom stereocenters. The summed E-state index contributed by atoms with van der Waals surface area (Å²) in [5.41, 5.74) is 14.2. The molecule has 1 aliphatic rings. The van der Waals surface area contributed by atoms with E-state index in [1.807, 2.05) is 0 Å². The Labute approximate surface area is 253 Å². The molecule has 0 N–H and O–H groups in total. The molecule has 44 heavy (non-hydrogen) atoms. The van der Waals surface area contributed by atoms with E-state index in [4.69, 9.17) is 0 Å². The van der Waals surface area contributed by atoms with Crippen molar-refractivity contribution in [2.45, 2.75) is 18.8 Å². The third kappa shape index (κ3) is 2.54. The van der Waals surface area contributed by atoms with Gasteiger partial charge in [-0.05, 0) is 59.5 Å². The third-order valence-electron chi connectivity index (χ3n) is 10.6. The van der Waals surface area contributed by atoms with E-state index < -0.39 is 0 Å². The summed E-state index contributed by atoms with van der Waals surface area (Å²) in [5, 5.41) is 6.65. The van der Waals surface area contributed by atoms with Crippen LogP contribution in [0.4, 0.5) is 0 Å². The van der Waals surface area contributed by atoms with E-state index in [0.717, 1.165) is 6.42 Å². The van der Waals surface area contributed by atoms with Gasteiger partial charge in [0.2, 0.25) is 0 Å². The van der Waals surface area contributed by atoms with Gasteiger partial charge < -0.3 is 4.57 Å². The molecular formula is C41H27N3. The van der Waals surface area contributed by atoms with Crippen molar-refractivity contribution in [3.05, 3.63) is 150 Å². The van der Waals surface area contributed by atoms with Crippen molar-refractivity contribution in [3.63, 3.8) is 0 Å². The molecule has 11 rings (SSSR count). The fourth-order valence-electron chi connectivity index (χ4n) is 8.82. The third-order valence-corrected chi connectivity index (χ3v) is 10.6. The fourth-order valence-corrected chi connectivity index (χ4v) is 8.82. The highest BCUT2D eigenvalue weighted by molar-refractivity contribution is 6.24. The number of hydrogen-bond donors (Lipinski definition) is 0. The molecule has 0 saturated heterocycles. The van der Waals surface area contributed by atoms with E-state index >= 15 is 0 Å². The molecule has 4 aromatic heterocycles. The van der Waals surface area contributed by atoms with E-state index in [-0.39, 0.29) is 5.41 Å². The van der Waals surface area contributed by atoms with Gasteiger partial charge in [0.1, 0.15) is 5.65 Å². The minimum Gasteiger partial charge on any atom is -0.309 e. The highest BCUT2D eigenvalue weighted by atomic mass is 15.1. The normalized spacial score (nSPS) is 16.5. The Kier molecular flexibility index (Phi) is 4.02. The maximum Gasteiger partial charge on any atom is 0.131 e. The Morgan fingerprint density at radius 3 is 1.95 bits per heavy atom. The summed E-state index contributed by atoms with van der Waals surface area (Å²) in [7, 11) is 0. The number of benzene rings is 6. The van der Waals surface area contributed by atoms with Crippen molar-refractivity contribution in [2.24, 2.45) is 0 Å². The second-order valence-electron chi connectivity index (χ2n) is 12.8. The first-order valence-electron chi connectivity index (χ1n) is 15.5. The summed E-state index contributed by atoms with van der Waals surface area (Å²) < 4.78 is 7.46. The lowest BCUT2D eigenvalue weighted by Gasteiger charge is -2.38. The zero-order valence-electron chi connectivity index (χ0n) is 24.3. The van der Waals surface area contributed by atoms with Crippen molar-refractivity contribution >= 4 is 65.7 Å². The van der Waals surface area contributed by atoms with E-state index in [0.29, 0.717) is 0 Å². The smallest absolute Gasteiger partial charge is 0.131 e. The highest BCUT2D eigenvalue weighted by Gasteiger charge is 2.38. The van der Waals surface area contributed by atoms with E-state index in [9.17, 15) is 0 Å². The molecule has 5 heterocycles. The van der Waals surface area contributed by atoms with Crippen molar-refractivity contribution in [1.82, 2.24) is 13.4 Å². The number of aromatic nitrogens is 3. The second kappa shape index (κ2) is 7.69. The Morgan fingerprint density at radius 2 is 1.11 bits per heavy atom. The molecule has 6 aromatic carbocycles. The van der Waals surface area contributed by atoms with Gasteiger partial charge >= 0.3 is 0 Å². The average molecular weight is 562 g/mol. The standard InChI is InChI=1S/C41H27N3/c1-41(30-14-4-7-18-34(30)42-32-16-5-2-11-26(32)27-13-10-15-31(41)39(27)42)24-25-21-22-29-37(23-25)44-36-20-9-8-19-35(36)43-33-17-6-3-12-28(33)38(29)40(43)44/h2-23H,24H2,1H3. The van der Waals surface area contributed by atoms with Gasteiger partial charge in [0.15, 0.2) is 0 Å². The van der Waals surface area contributed by atoms with E-state index in [1.165, 1.54) is 88.1 Å². The molecule has 0 spiro atoms. The number of fused-ring (bicyclic) bond motifs is 14. The predicted octanol–water partition coefficient (Wildman–Crippen LogP) is 10.0. The number of nitrogens with zero attached hydrogens (tertiary/aromatic N) is 3. The molecule has 206 valence electrons. The zero-order chi connectivity index (χ0) is 28.7. The predicted molar refractivity (Wildman–Crippen MR) is 183 cm³/mol. The Hall–Kier alpha value is -5.54. The maximum atomic E-state index is 2.50. The van der Waals surface area contributed by atoms with Crippen LogP contribution in [0.3, 0.4) is 0 Å². The van der Waals surface area contributed by atoms with Crippen molar-refractivity contribution in [1.29, 1.82) is 0 Å². The largest absolute Gasteiger partial charge is 0.309 e. The van der Waals surface area contributed by atoms with Gasteiger partial charge in [-0.15, -0.1) is 0 Å². The molecule has 0 saturated carbocycles. The van der Waals surface area contributed by atoms with Crippen molar-refractivity contribution in [3.8, 4) is 5.69 Å². The van der Waals surface area contributed by atoms with Crippen LogP contribution in [-0.2, 0) is 11.8 Å². The molecule has 1 aliphatic heterocycles. The SMILES string of the molecule is CC1(Cc2ccc3c4c5ccccc5n5c6ccccc6n(c3c2)c45)c2ccccc2-n2c3ccccc3c3cccc1c32. The van der Waals surface area contributed by atoms with E-state index in [2.05, 4.69) is 154 Å². The molecule has 10 aromatic rings. The maximum absolute atomic E-state index is 2.50. The van der Waals surface area contributed by atoms with Crippen LogP contribution in [-0.4, -0.2) is 13.4 Å². The molecule has 0 aliphatic carbocycles. The van der Waals surface area contributed by atoms with Crippen LogP contribution in [0.25, 0.3) is 71.4 Å². The minimum absolute atomic E-state index is 0.189. The van der Waals surface area contributed by atoms with Gasteiger partial charge in [0.05, 0.1) is 38.8 Å². The number of rotatable bonds is 2. The van der Waals surface area contributed by atoms with Crippen LogP contribution in [0.5, 0.6) is 0 Å². The fraction of sp³-hybridized carbons (Fsp3) is 0.0732. The van der Waals surface area contributed by atoms with Crippen LogP contribution >= 0.6 is 0 Å². The van der Waals surface area contributed by atoms with Crippen LogP contribution < -0.4 is 0 Å². The molecule has 0 bridgehead atoms. The second-order valence-corrected chi connectivity index (χ2v) is 12.8. The van der Waals surface area contributed by atoms with Crippen LogP contribution in [0.15, 0.2) is 133 Å². The van der Waals surface area contributed by atoms with Gasteiger partial charge in [0, 0.05) is 32.3 Å². The Morgan fingerprint density at radius 1 is 0.500 bits per heavy atom. The summed E-state index contributed by atoms with van der Waals surface area (Å²) in [4.78, 5) is 0. The topological polar surface area (TPSA) is 13.8 Å². The lowest BCUT2D eigenvalue weighted by molar-refractivity contribution is 0.560. The summed E-state index contributed by atoms with van der Waals surface area (Å²) in [6.45, 7) is 2.45. The average Bonchev–Trinajstić information content (AvgIpc) is 3.78. The van der Waals surface area contributed by atoms with Gasteiger partial charge in [-0.25, -0.2) is 0 Å².